The van der Waals surface area contributed by atoms with Gasteiger partial charge >= 0.3 is 17.1 Å². The fraction of sp³-hybridized carbons (Fsp3) is 0. The molecular weight excluding hydrogens is 176 g/mol. The molecule has 0 amide bonds. The van der Waals surface area contributed by atoms with Gasteiger partial charge in [-0.05, 0) is 0 Å². The second-order valence-electron chi connectivity index (χ2n) is 0.408. The van der Waals surface area contributed by atoms with Gasteiger partial charge < -0.3 is 14.6 Å². The van der Waals surface area contributed by atoms with Gasteiger partial charge in [0.15, 0.2) is 0 Å². The molecule has 0 unspecified atom stereocenters. The number of rotatable bonds is 0. The van der Waals surface area contributed by atoms with Crippen LogP contribution in [0.5, 0.6) is 0 Å². The summed E-state index contributed by atoms with van der Waals surface area (Å²) in [6.07, 6.45) is 0. The van der Waals surface area contributed by atoms with Gasteiger partial charge in [-0.3, -0.25) is 8.42 Å². The molecule has 0 fully saturated rings. The van der Waals surface area contributed by atoms with Gasteiger partial charge in [0, 0.05) is 10.4 Å². The van der Waals surface area contributed by atoms with E-state index in [-0.39, 0.29) is 22.5 Å². The van der Waals surface area contributed by atoms with E-state index in [9.17, 15) is 0 Å². The summed E-state index contributed by atoms with van der Waals surface area (Å²) in [6, 6.07) is 0. The molecule has 0 rings (SSSR count). The summed E-state index contributed by atoms with van der Waals surface area (Å²) in [5, 5.41) is 0. The zero-order valence-corrected chi connectivity index (χ0v) is 4.60. The maximum absolute atomic E-state index is 8.52. The smallest absolute Gasteiger partial charge is 0.759 e. The SMILES string of the molecule is O.O=S(=O)([O-])[O-].[Cu+]. The van der Waals surface area contributed by atoms with Crippen molar-refractivity contribution in [2.24, 2.45) is 0 Å². The Kier molecular flexibility index (Phi) is 10.1. The van der Waals surface area contributed by atoms with Crippen LogP contribution in [0.4, 0.5) is 0 Å². The molecule has 7 heavy (non-hydrogen) atoms. The van der Waals surface area contributed by atoms with Crippen molar-refractivity contribution in [3.63, 3.8) is 0 Å². The maximum atomic E-state index is 8.52. The van der Waals surface area contributed by atoms with Crippen LogP contribution in [0, 0.1) is 0 Å². The van der Waals surface area contributed by atoms with Gasteiger partial charge in [-0.25, -0.2) is 0 Å². The molecule has 50 valence electrons. The van der Waals surface area contributed by atoms with E-state index in [1.807, 2.05) is 0 Å². The fourth-order valence-electron chi connectivity index (χ4n) is 0. The van der Waals surface area contributed by atoms with Crippen LogP contribution in [-0.4, -0.2) is 23.0 Å². The fourth-order valence-corrected chi connectivity index (χ4v) is 0. The zero-order chi connectivity index (χ0) is 4.50. The van der Waals surface area contributed by atoms with Crippen molar-refractivity contribution in [2.75, 3.05) is 0 Å². The van der Waals surface area contributed by atoms with Gasteiger partial charge in [0.1, 0.15) is 0 Å². The molecule has 0 aliphatic heterocycles. The summed E-state index contributed by atoms with van der Waals surface area (Å²) in [6.45, 7) is 0. The van der Waals surface area contributed by atoms with Gasteiger partial charge in [0.2, 0.25) is 0 Å². The monoisotopic (exact) mass is 177 g/mol. The first-order valence-electron chi connectivity index (χ1n) is 0.667. The Balaban J connectivity index is -0.0000000800. The first-order chi connectivity index (χ1) is 2.00. The molecular formula is H2CuO5S-. The molecule has 0 aromatic heterocycles. The minimum absolute atomic E-state index is 0. The first kappa shape index (κ1) is 15.7. The number of hydrogen-bond donors (Lipinski definition) is 0. The van der Waals surface area contributed by atoms with E-state index in [0.717, 1.165) is 0 Å². The van der Waals surface area contributed by atoms with Crippen LogP contribution in [0.1, 0.15) is 0 Å². The molecule has 0 atom stereocenters. The van der Waals surface area contributed by atoms with Gasteiger partial charge in [0.25, 0.3) is 0 Å². The third-order valence-corrected chi connectivity index (χ3v) is 0. The van der Waals surface area contributed by atoms with Crippen LogP contribution in [0.3, 0.4) is 0 Å². The topological polar surface area (TPSA) is 112 Å². The molecule has 7 heteroatoms. The Morgan fingerprint density at radius 1 is 1.14 bits per heavy atom. The van der Waals surface area contributed by atoms with Gasteiger partial charge in [-0.15, -0.1) is 0 Å². The molecule has 0 radical (unpaired) electrons. The largest absolute Gasteiger partial charge is 1.00 e. The van der Waals surface area contributed by atoms with Crippen LogP contribution >= 0.6 is 0 Å². The Morgan fingerprint density at radius 3 is 1.14 bits per heavy atom. The van der Waals surface area contributed by atoms with Crippen molar-refractivity contribution in [3.05, 3.63) is 0 Å². The summed E-state index contributed by atoms with van der Waals surface area (Å²) in [4.78, 5) is 0. The van der Waals surface area contributed by atoms with Crippen molar-refractivity contribution in [3.8, 4) is 0 Å². The molecule has 0 aliphatic rings. The minimum atomic E-state index is -5.17. The predicted molar refractivity (Wildman–Crippen MR) is 14.1 cm³/mol. The average molecular weight is 178 g/mol. The predicted octanol–water partition coefficient (Wildman–Crippen LogP) is -2.17. The van der Waals surface area contributed by atoms with Crippen molar-refractivity contribution < 1.29 is 40.1 Å². The third-order valence-electron chi connectivity index (χ3n) is 0. The van der Waals surface area contributed by atoms with Crippen LogP contribution in [-0.2, 0) is 27.5 Å². The standard InChI is InChI=1S/Cu.H2O4S.H2O/c;1-5(2,3)4;/h;(H2,1,2,3,4);1H2/q+1;;/p-2. The second kappa shape index (κ2) is 4.51. The zero-order valence-electron chi connectivity index (χ0n) is 2.84. The van der Waals surface area contributed by atoms with E-state index in [1.54, 1.807) is 0 Å². The molecule has 0 spiro atoms. The summed E-state index contributed by atoms with van der Waals surface area (Å²) in [7, 11) is -5.17. The van der Waals surface area contributed by atoms with Gasteiger partial charge in [0.05, 0.1) is 0 Å². The summed E-state index contributed by atoms with van der Waals surface area (Å²) >= 11 is 0. The molecule has 0 aromatic carbocycles. The molecule has 0 saturated heterocycles. The molecule has 0 aromatic rings. The van der Waals surface area contributed by atoms with E-state index in [1.165, 1.54) is 0 Å². The molecule has 5 nitrogen and oxygen atoms in total. The minimum Gasteiger partial charge on any atom is -0.759 e. The van der Waals surface area contributed by atoms with Crippen molar-refractivity contribution in [1.29, 1.82) is 0 Å². The van der Waals surface area contributed by atoms with E-state index in [0.29, 0.717) is 0 Å². The Morgan fingerprint density at radius 2 is 1.14 bits per heavy atom. The Labute approximate surface area is 51.1 Å². The van der Waals surface area contributed by atoms with Crippen LogP contribution in [0.2, 0.25) is 0 Å². The second-order valence-corrected chi connectivity index (χ2v) is 1.22. The quantitative estimate of drug-likeness (QED) is 0.238. The van der Waals surface area contributed by atoms with Crippen molar-refractivity contribution in [2.45, 2.75) is 0 Å². The van der Waals surface area contributed by atoms with E-state index < -0.39 is 10.4 Å². The summed E-state index contributed by atoms with van der Waals surface area (Å²) in [5.41, 5.74) is 0. The van der Waals surface area contributed by atoms with Gasteiger partial charge in [-0.1, -0.05) is 0 Å². The molecule has 0 aliphatic carbocycles. The van der Waals surface area contributed by atoms with Crippen LogP contribution < -0.4 is 0 Å². The Hall–Kier alpha value is 0.349. The van der Waals surface area contributed by atoms with Crippen LogP contribution in [0.15, 0.2) is 0 Å². The first-order valence-corrected chi connectivity index (χ1v) is 2.00. The van der Waals surface area contributed by atoms with E-state index >= 15 is 0 Å². The van der Waals surface area contributed by atoms with E-state index in [4.69, 9.17) is 17.5 Å². The molecule has 0 bridgehead atoms. The summed E-state index contributed by atoms with van der Waals surface area (Å²) in [5.74, 6) is 0. The maximum Gasteiger partial charge on any atom is 1.00 e. The average Bonchev–Trinajstić information content (AvgIpc) is 0.722. The van der Waals surface area contributed by atoms with Crippen molar-refractivity contribution >= 4 is 10.4 Å². The number of hydrogen-bond acceptors (Lipinski definition) is 4. The van der Waals surface area contributed by atoms with Gasteiger partial charge in [-0.2, -0.15) is 0 Å². The molecule has 0 heterocycles. The Bertz CT molecular complexity index is 91.2. The normalized spacial score (nSPS) is 8.29. The molecule has 2 N–H and O–H groups in total. The van der Waals surface area contributed by atoms with E-state index in [2.05, 4.69) is 0 Å². The molecule has 0 saturated carbocycles. The van der Waals surface area contributed by atoms with Crippen molar-refractivity contribution in [1.82, 2.24) is 0 Å². The van der Waals surface area contributed by atoms with Crippen LogP contribution in [0.25, 0.3) is 0 Å². The summed E-state index contributed by atoms with van der Waals surface area (Å²) < 4.78 is 34.1. The third kappa shape index (κ3) is 983.